The molecular weight excluding hydrogens is 411 g/mol. The van der Waals surface area contributed by atoms with Crippen molar-refractivity contribution in [2.45, 2.75) is 51.1 Å². The number of rotatable bonds is 3. The second kappa shape index (κ2) is 9.65. The van der Waals surface area contributed by atoms with Crippen LogP contribution >= 0.6 is 0 Å². The van der Waals surface area contributed by atoms with Crippen LogP contribution in [-0.4, -0.2) is 51.1 Å². The maximum absolute atomic E-state index is 13.6. The molecule has 1 aromatic heterocycles. The Labute approximate surface area is 210 Å². The van der Waals surface area contributed by atoms with Crippen LogP contribution in [0.15, 0.2) is 60.8 Å². The molecule has 2 aliphatic rings. The summed E-state index contributed by atoms with van der Waals surface area (Å²) in [5.41, 5.74) is 4.77. The van der Waals surface area contributed by atoms with Crippen LogP contribution in [0.3, 0.4) is 0 Å². The fraction of sp³-hybridized carbons (Fsp3) is 0.308. The topological polar surface area (TPSA) is 62.5 Å². The summed E-state index contributed by atoms with van der Waals surface area (Å²) in [5, 5.41) is 9.48. The van der Waals surface area contributed by atoms with E-state index in [4.69, 9.17) is 0 Å². The molecule has 1 amide bonds. The molecule has 1 saturated carbocycles. The third kappa shape index (κ3) is 4.42. The SMILES string of the molecule is O=C(O)c1ccc2c(c1)N(C(=O)c1ccc(C3CCCCC3)cc1)Cc1cccn1C2.[NaH]. The Morgan fingerprint density at radius 1 is 0.875 bits per heavy atom. The van der Waals surface area contributed by atoms with Gasteiger partial charge in [0.15, 0.2) is 0 Å². The molecule has 0 unspecified atom stereocenters. The second-order valence-electron chi connectivity index (χ2n) is 8.62. The Hall–Kier alpha value is -2.34. The Balaban J connectivity index is 0.00000245. The van der Waals surface area contributed by atoms with Gasteiger partial charge in [-0.15, -0.1) is 0 Å². The monoisotopic (exact) mass is 438 g/mol. The van der Waals surface area contributed by atoms with E-state index in [9.17, 15) is 14.7 Å². The van der Waals surface area contributed by atoms with Gasteiger partial charge in [-0.3, -0.25) is 4.79 Å². The molecule has 2 aromatic carbocycles. The first-order valence-corrected chi connectivity index (χ1v) is 11.0. The van der Waals surface area contributed by atoms with Gasteiger partial charge in [-0.25, -0.2) is 4.79 Å². The van der Waals surface area contributed by atoms with Gasteiger partial charge in [-0.2, -0.15) is 0 Å². The van der Waals surface area contributed by atoms with Gasteiger partial charge >= 0.3 is 35.5 Å². The molecule has 0 saturated heterocycles. The third-order valence-corrected chi connectivity index (χ3v) is 6.69. The molecule has 1 N–H and O–H groups in total. The van der Waals surface area contributed by atoms with Gasteiger partial charge < -0.3 is 14.6 Å². The average molecular weight is 439 g/mol. The molecule has 32 heavy (non-hydrogen) atoms. The molecule has 1 aliphatic carbocycles. The van der Waals surface area contributed by atoms with E-state index >= 15 is 0 Å². The number of carboxylic acids is 1. The zero-order valence-electron chi connectivity index (χ0n) is 17.5. The molecule has 1 fully saturated rings. The number of amides is 1. The van der Waals surface area contributed by atoms with Crippen molar-refractivity contribution >= 4 is 47.1 Å². The van der Waals surface area contributed by atoms with Crippen LogP contribution in [0.25, 0.3) is 0 Å². The van der Waals surface area contributed by atoms with Gasteiger partial charge in [0, 0.05) is 24.0 Å². The molecule has 1 aliphatic heterocycles. The van der Waals surface area contributed by atoms with E-state index in [0.717, 1.165) is 11.3 Å². The summed E-state index contributed by atoms with van der Waals surface area (Å²) >= 11 is 0. The normalized spacial score (nSPS) is 15.8. The number of aromatic nitrogens is 1. The summed E-state index contributed by atoms with van der Waals surface area (Å²) in [6, 6.07) is 17.1. The fourth-order valence-electron chi connectivity index (χ4n) is 4.93. The van der Waals surface area contributed by atoms with Gasteiger partial charge in [0.05, 0.1) is 17.8 Å². The molecule has 0 atom stereocenters. The molecule has 2 heterocycles. The van der Waals surface area contributed by atoms with Crippen LogP contribution < -0.4 is 4.90 Å². The van der Waals surface area contributed by atoms with Crippen molar-refractivity contribution in [1.82, 2.24) is 4.57 Å². The number of aromatic carboxylic acids is 1. The number of carbonyl (C=O) groups is 2. The van der Waals surface area contributed by atoms with Gasteiger partial charge in [-0.05, 0) is 66.3 Å². The molecule has 0 bridgehead atoms. The standard InChI is InChI=1S/C26H26N2O3.Na.H/c29-25(20-10-8-19(9-11-20)18-5-2-1-3-6-18)28-17-23-7-4-14-27(23)16-22-13-12-21(26(30)31)15-24(22)28;;/h4,7-15,18H,1-3,5-6,16-17H2,(H,30,31);;. The van der Waals surface area contributed by atoms with Crippen molar-refractivity contribution < 1.29 is 14.7 Å². The molecule has 160 valence electrons. The Morgan fingerprint density at radius 3 is 2.31 bits per heavy atom. The number of hydrogen-bond donors (Lipinski definition) is 1. The Kier molecular flexibility index (Phi) is 6.89. The summed E-state index contributed by atoms with van der Waals surface area (Å²) in [5.74, 6) is -0.497. The Bertz CT molecular complexity index is 1130. The van der Waals surface area contributed by atoms with E-state index in [1.807, 2.05) is 36.5 Å². The van der Waals surface area contributed by atoms with E-state index in [0.29, 0.717) is 30.3 Å². The first kappa shape index (κ1) is 22.8. The summed E-state index contributed by atoms with van der Waals surface area (Å²) in [4.78, 5) is 26.9. The third-order valence-electron chi connectivity index (χ3n) is 6.69. The van der Waals surface area contributed by atoms with E-state index in [1.54, 1.807) is 17.0 Å². The van der Waals surface area contributed by atoms with Crippen LogP contribution in [0, 0.1) is 0 Å². The summed E-state index contributed by atoms with van der Waals surface area (Å²) in [6.07, 6.45) is 8.32. The van der Waals surface area contributed by atoms with Gasteiger partial charge in [0.2, 0.25) is 0 Å². The first-order valence-electron chi connectivity index (χ1n) is 11.0. The van der Waals surface area contributed by atoms with Crippen molar-refractivity contribution in [3.63, 3.8) is 0 Å². The molecule has 5 nitrogen and oxygen atoms in total. The number of carboxylic acid groups (broad SMARTS) is 1. The number of fused-ring (bicyclic) bond motifs is 2. The van der Waals surface area contributed by atoms with Gasteiger partial charge in [0.25, 0.3) is 5.91 Å². The van der Waals surface area contributed by atoms with Crippen LogP contribution in [0.1, 0.15) is 75.6 Å². The number of nitrogens with zero attached hydrogens (tertiary/aromatic N) is 2. The zero-order valence-corrected chi connectivity index (χ0v) is 17.5. The van der Waals surface area contributed by atoms with Crippen molar-refractivity contribution in [1.29, 1.82) is 0 Å². The number of hydrogen-bond acceptors (Lipinski definition) is 2. The van der Waals surface area contributed by atoms with Crippen molar-refractivity contribution in [2.24, 2.45) is 0 Å². The van der Waals surface area contributed by atoms with E-state index in [1.165, 1.54) is 37.7 Å². The maximum atomic E-state index is 13.6. The van der Waals surface area contributed by atoms with Crippen LogP contribution in [0.5, 0.6) is 0 Å². The molecule has 5 rings (SSSR count). The quantitative estimate of drug-likeness (QED) is 0.598. The fourth-order valence-corrected chi connectivity index (χ4v) is 4.93. The summed E-state index contributed by atoms with van der Waals surface area (Å²) in [7, 11) is 0. The zero-order chi connectivity index (χ0) is 21.4. The Morgan fingerprint density at radius 2 is 1.59 bits per heavy atom. The average Bonchev–Trinajstić information content (AvgIpc) is 3.18. The minimum atomic E-state index is -0.990. The van der Waals surface area contributed by atoms with Crippen LogP contribution in [0.2, 0.25) is 0 Å². The molecular formula is C26H27N2NaO3. The van der Waals surface area contributed by atoms with E-state index < -0.39 is 5.97 Å². The van der Waals surface area contributed by atoms with Gasteiger partial charge in [0.1, 0.15) is 0 Å². The van der Waals surface area contributed by atoms with Crippen LogP contribution in [-0.2, 0) is 13.1 Å². The number of anilines is 1. The van der Waals surface area contributed by atoms with Gasteiger partial charge in [-0.1, -0.05) is 37.5 Å². The summed E-state index contributed by atoms with van der Waals surface area (Å²) in [6.45, 7) is 1.02. The number of carbonyl (C=O) groups excluding carboxylic acids is 1. The van der Waals surface area contributed by atoms with Crippen LogP contribution in [0.4, 0.5) is 5.69 Å². The van der Waals surface area contributed by atoms with E-state index in [-0.39, 0.29) is 41.0 Å². The predicted octanol–water partition coefficient (Wildman–Crippen LogP) is 4.79. The number of benzene rings is 2. The molecule has 0 radical (unpaired) electrons. The van der Waals surface area contributed by atoms with Crippen molar-refractivity contribution in [3.05, 3.63) is 88.7 Å². The van der Waals surface area contributed by atoms with Crippen molar-refractivity contribution in [2.75, 3.05) is 4.90 Å². The predicted molar refractivity (Wildman–Crippen MR) is 127 cm³/mol. The van der Waals surface area contributed by atoms with E-state index in [2.05, 4.69) is 16.7 Å². The second-order valence-corrected chi connectivity index (χ2v) is 8.62. The molecule has 6 heteroatoms. The first-order chi connectivity index (χ1) is 15.1. The molecule has 0 spiro atoms. The molecule has 3 aromatic rings. The minimum absolute atomic E-state index is 0. The van der Waals surface area contributed by atoms with Crippen molar-refractivity contribution in [3.8, 4) is 0 Å². The summed E-state index contributed by atoms with van der Waals surface area (Å²) < 4.78 is 2.11.